The number of hydrogen-bond acceptors (Lipinski definition) is 2. The third-order valence-corrected chi connectivity index (χ3v) is 3.33. The van der Waals surface area contributed by atoms with Gasteiger partial charge in [0.2, 0.25) is 0 Å². The molecule has 1 aromatic rings. The Morgan fingerprint density at radius 2 is 1.89 bits per heavy atom. The molecule has 1 aromatic carbocycles. The van der Waals surface area contributed by atoms with Gasteiger partial charge in [0.15, 0.2) is 0 Å². The molecular formula is C13H16F4N2. The molecule has 0 saturated carbocycles. The second-order valence-corrected chi connectivity index (χ2v) is 4.77. The zero-order chi connectivity index (χ0) is 13.9. The van der Waals surface area contributed by atoms with Crippen LogP contribution in [0, 0.1) is 11.7 Å². The van der Waals surface area contributed by atoms with Crippen LogP contribution in [0.3, 0.4) is 0 Å². The van der Waals surface area contributed by atoms with Crippen LogP contribution in [0.15, 0.2) is 18.2 Å². The second kappa shape index (κ2) is 5.77. The fourth-order valence-corrected chi connectivity index (χ4v) is 2.20. The van der Waals surface area contributed by atoms with Crippen molar-refractivity contribution in [1.29, 1.82) is 0 Å². The van der Waals surface area contributed by atoms with Crippen LogP contribution in [0.25, 0.3) is 0 Å². The summed E-state index contributed by atoms with van der Waals surface area (Å²) in [7, 11) is 0. The van der Waals surface area contributed by atoms with Crippen LogP contribution in [-0.4, -0.2) is 19.6 Å². The highest BCUT2D eigenvalue weighted by atomic mass is 19.4. The predicted octanol–water partition coefficient (Wildman–Crippen LogP) is 3.26. The number of hydrogen-bond donors (Lipinski definition) is 2. The predicted molar refractivity (Wildman–Crippen MR) is 65.5 cm³/mol. The van der Waals surface area contributed by atoms with E-state index in [4.69, 9.17) is 0 Å². The Bertz CT molecular complexity index is 425. The summed E-state index contributed by atoms with van der Waals surface area (Å²) in [6.45, 7) is 2.48. The summed E-state index contributed by atoms with van der Waals surface area (Å²) in [6.07, 6.45) is -2.66. The highest BCUT2D eigenvalue weighted by Crippen LogP contribution is 2.33. The van der Waals surface area contributed by atoms with Crippen molar-refractivity contribution in [3.63, 3.8) is 0 Å². The molecule has 0 atom stereocenters. The summed E-state index contributed by atoms with van der Waals surface area (Å²) < 4.78 is 50.7. The first-order valence-corrected chi connectivity index (χ1v) is 6.28. The molecule has 2 rings (SSSR count). The molecule has 1 aliphatic rings. The zero-order valence-electron chi connectivity index (χ0n) is 10.4. The molecule has 1 heterocycles. The maximum Gasteiger partial charge on any atom is 0.419 e. The van der Waals surface area contributed by atoms with E-state index in [1.165, 1.54) is 6.07 Å². The molecule has 6 heteroatoms. The smallest absolute Gasteiger partial charge is 0.385 e. The number of alkyl halides is 3. The van der Waals surface area contributed by atoms with E-state index >= 15 is 0 Å². The fourth-order valence-electron chi connectivity index (χ4n) is 2.20. The molecular weight excluding hydrogens is 260 g/mol. The highest BCUT2D eigenvalue weighted by molar-refractivity contribution is 5.47. The minimum absolute atomic E-state index is 0.312. The van der Waals surface area contributed by atoms with E-state index in [0.717, 1.165) is 38.1 Å². The molecule has 1 fully saturated rings. The van der Waals surface area contributed by atoms with Crippen LogP contribution in [0.2, 0.25) is 0 Å². The molecule has 0 spiro atoms. The molecule has 2 N–H and O–H groups in total. The van der Waals surface area contributed by atoms with Crippen LogP contribution in [0.4, 0.5) is 23.2 Å². The van der Waals surface area contributed by atoms with Gasteiger partial charge in [-0.3, -0.25) is 0 Å². The lowest BCUT2D eigenvalue weighted by Gasteiger charge is -2.23. The molecule has 106 valence electrons. The van der Waals surface area contributed by atoms with E-state index in [-0.39, 0.29) is 0 Å². The first-order valence-electron chi connectivity index (χ1n) is 6.28. The number of halogens is 4. The maximum absolute atomic E-state index is 13.1. The van der Waals surface area contributed by atoms with Gasteiger partial charge in [-0.1, -0.05) is 0 Å². The lowest BCUT2D eigenvalue weighted by molar-refractivity contribution is -0.139. The largest absolute Gasteiger partial charge is 0.419 e. The van der Waals surface area contributed by atoms with Gasteiger partial charge in [0, 0.05) is 12.2 Å². The zero-order valence-corrected chi connectivity index (χ0v) is 10.4. The van der Waals surface area contributed by atoms with Gasteiger partial charge in [-0.15, -0.1) is 0 Å². The average Bonchev–Trinajstić information content (AvgIpc) is 2.37. The van der Waals surface area contributed by atoms with Crippen molar-refractivity contribution < 1.29 is 17.6 Å². The van der Waals surface area contributed by atoms with Crippen LogP contribution in [-0.2, 0) is 6.18 Å². The molecule has 2 nitrogen and oxygen atoms in total. The van der Waals surface area contributed by atoms with Crippen molar-refractivity contribution in [2.24, 2.45) is 5.92 Å². The molecule has 0 radical (unpaired) electrons. The number of nitrogens with one attached hydrogen (secondary N) is 2. The Morgan fingerprint density at radius 1 is 1.21 bits per heavy atom. The quantitative estimate of drug-likeness (QED) is 0.828. The molecule has 0 bridgehead atoms. The number of benzene rings is 1. The normalized spacial score (nSPS) is 17.5. The molecule has 0 amide bonds. The Morgan fingerprint density at radius 3 is 2.53 bits per heavy atom. The van der Waals surface area contributed by atoms with Gasteiger partial charge < -0.3 is 10.6 Å². The lowest BCUT2D eigenvalue weighted by Crippen LogP contribution is -2.31. The van der Waals surface area contributed by atoms with Gasteiger partial charge in [-0.2, -0.15) is 13.2 Å². The van der Waals surface area contributed by atoms with Gasteiger partial charge in [-0.05, 0) is 50.0 Å². The van der Waals surface area contributed by atoms with Crippen molar-refractivity contribution in [2.75, 3.05) is 25.0 Å². The third kappa shape index (κ3) is 3.83. The number of anilines is 1. The van der Waals surface area contributed by atoms with E-state index in [2.05, 4.69) is 10.6 Å². The molecule has 0 unspecified atom stereocenters. The summed E-state index contributed by atoms with van der Waals surface area (Å²) in [5, 5.41) is 6.18. The van der Waals surface area contributed by atoms with Crippen LogP contribution in [0.1, 0.15) is 18.4 Å². The van der Waals surface area contributed by atoms with E-state index < -0.39 is 17.6 Å². The Balaban J connectivity index is 2.00. The van der Waals surface area contributed by atoms with Crippen molar-refractivity contribution >= 4 is 5.69 Å². The van der Waals surface area contributed by atoms with Crippen LogP contribution >= 0.6 is 0 Å². The summed E-state index contributed by atoms with van der Waals surface area (Å²) in [5.74, 6) is -0.791. The Kier molecular flexibility index (Phi) is 4.29. The van der Waals surface area contributed by atoms with Crippen molar-refractivity contribution in [2.45, 2.75) is 19.0 Å². The molecule has 1 saturated heterocycles. The molecule has 19 heavy (non-hydrogen) atoms. The Labute approximate surface area is 109 Å². The number of piperidine rings is 1. The topological polar surface area (TPSA) is 24.1 Å². The molecule has 1 aliphatic heterocycles. The van der Waals surface area contributed by atoms with Crippen molar-refractivity contribution in [1.82, 2.24) is 5.32 Å². The third-order valence-electron chi connectivity index (χ3n) is 3.33. The van der Waals surface area contributed by atoms with Gasteiger partial charge >= 0.3 is 6.18 Å². The maximum atomic E-state index is 13.1. The van der Waals surface area contributed by atoms with E-state index in [9.17, 15) is 17.6 Å². The van der Waals surface area contributed by atoms with E-state index in [0.29, 0.717) is 18.2 Å². The number of rotatable bonds is 3. The summed E-state index contributed by atoms with van der Waals surface area (Å²) in [5.41, 5.74) is -0.907. The summed E-state index contributed by atoms with van der Waals surface area (Å²) in [4.78, 5) is 0. The molecule has 0 aliphatic carbocycles. The lowest BCUT2D eigenvalue weighted by atomic mass is 9.98. The van der Waals surface area contributed by atoms with Crippen LogP contribution in [0.5, 0.6) is 0 Å². The fraction of sp³-hybridized carbons (Fsp3) is 0.538. The second-order valence-electron chi connectivity index (χ2n) is 4.77. The monoisotopic (exact) mass is 276 g/mol. The first-order chi connectivity index (χ1) is 8.97. The summed E-state index contributed by atoms with van der Waals surface area (Å²) in [6, 6.07) is 3.02. The van der Waals surface area contributed by atoms with E-state index in [1.54, 1.807) is 0 Å². The average molecular weight is 276 g/mol. The standard InChI is InChI=1S/C13H16F4N2/c14-12-2-1-10(7-11(12)13(15,16)17)19-8-9-3-5-18-6-4-9/h1-2,7,9,18-19H,3-6,8H2. The minimum Gasteiger partial charge on any atom is -0.385 e. The minimum atomic E-state index is -4.66. The van der Waals surface area contributed by atoms with Crippen LogP contribution < -0.4 is 10.6 Å². The Hall–Kier alpha value is -1.30. The van der Waals surface area contributed by atoms with Gasteiger partial charge in [0.25, 0.3) is 0 Å². The van der Waals surface area contributed by atoms with E-state index in [1.807, 2.05) is 0 Å². The van der Waals surface area contributed by atoms with Crippen molar-refractivity contribution in [3.05, 3.63) is 29.6 Å². The molecule has 0 aromatic heterocycles. The van der Waals surface area contributed by atoms with Crippen molar-refractivity contribution in [3.8, 4) is 0 Å². The first kappa shape index (κ1) is 14.1. The van der Waals surface area contributed by atoms with Gasteiger partial charge in [0.1, 0.15) is 5.82 Å². The van der Waals surface area contributed by atoms with Gasteiger partial charge in [-0.25, -0.2) is 4.39 Å². The highest BCUT2D eigenvalue weighted by Gasteiger charge is 2.34. The summed E-state index contributed by atoms with van der Waals surface area (Å²) >= 11 is 0. The SMILES string of the molecule is Fc1ccc(NCC2CCNCC2)cc1C(F)(F)F. The van der Waals surface area contributed by atoms with Gasteiger partial charge in [0.05, 0.1) is 5.56 Å².